The summed E-state index contributed by atoms with van der Waals surface area (Å²) in [5.41, 5.74) is 7.82. The normalized spacial score (nSPS) is 11.7. The molecule has 0 aliphatic rings. The van der Waals surface area contributed by atoms with E-state index in [1.807, 2.05) is 0 Å². The highest BCUT2D eigenvalue weighted by molar-refractivity contribution is 6.07. The first-order valence-electron chi connectivity index (χ1n) is 12.1. The molecule has 3 rings (SSSR count). The summed E-state index contributed by atoms with van der Waals surface area (Å²) in [6.07, 6.45) is 15.7. The van der Waals surface area contributed by atoms with Crippen molar-refractivity contribution in [2.75, 3.05) is 0 Å². The molecule has 0 spiro atoms. The number of furan rings is 1. The Kier molecular flexibility index (Phi) is 8.21. The average Bonchev–Trinajstić information content (AvgIpc) is 3.11. The monoisotopic (exact) mass is 392 g/mol. The maximum absolute atomic E-state index is 6.49. The largest absolute Gasteiger partial charge is 0.455 e. The number of hydrogen-bond acceptors (Lipinski definition) is 1. The zero-order valence-electron chi connectivity index (χ0n) is 19.2. The van der Waals surface area contributed by atoms with E-state index in [1.54, 1.807) is 0 Å². The van der Waals surface area contributed by atoms with Gasteiger partial charge in [-0.15, -0.1) is 0 Å². The van der Waals surface area contributed by atoms with Gasteiger partial charge in [-0.25, -0.2) is 0 Å². The summed E-state index contributed by atoms with van der Waals surface area (Å²) in [6.45, 7) is 9.05. The molecule has 0 unspecified atom stereocenters. The van der Waals surface area contributed by atoms with Crippen molar-refractivity contribution in [2.24, 2.45) is 0 Å². The zero-order valence-corrected chi connectivity index (χ0v) is 19.2. The summed E-state index contributed by atoms with van der Waals surface area (Å²) in [6, 6.07) is 9.26. The number of unbranched alkanes of at least 4 members (excludes halogenated alkanes) is 8. The Morgan fingerprint density at radius 1 is 0.552 bits per heavy atom. The van der Waals surface area contributed by atoms with Crippen LogP contribution < -0.4 is 0 Å². The van der Waals surface area contributed by atoms with E-state index in [1.165, 1.54) is 110 Å². The quantitative estimate of drug-likeness (QED) is 0.280. The minimum absolute atomic E-state index is 1.11. The topological polar surface area (TPSA) is 13.1 Å². The second kappa shape index (κ2) is 10.9. The van der Waals surface area contributed by atoms with Gasteiger partial charge in [0.05, 0.1) is 0 Å². The number of rotatable bonds is 12. The Morgan fingerprint density at radius 3 is 1.38 bits per heavy atom. The van der Waals surface area contributed by atoms with Gasteiger partial charge in [-0.3, -0.25) is 0 Å². The van der Waals surface area contributed by atoms with Crippen molar-refractivity contribution < 1.29 is 4.42 Å². The molecule has 1 heteroatoms. The molecular formula is C28H40O. The Morgan fingerprint density at radius 2 is 0.966 bits per heavy atom. The summed E-state index contributed by atoms with van der Waals surface area (Å²) in [5, 5.41) is 2.56. The van der Waals surface area contributed by atoms with Gasteiger partial charge in [0.1, 0.15) is 11.2 Å². The highest BCUT2D eigenvalue weighted by Crippen LogP contribution is 2.35. The summed E-state index contributed by atoms with van der Waals surface area (Å²) in [4.78, 5) is 0. The van der Waals surface area contributed by atoms with Crippen molar-refractivity contribution in [2.45, 2.75) is 105 Å². The van der Waals surface area contributed by atoms with Crippen molar-refractivity contribution in [1.82, 2.24) is 0 Å². The van der Waals surface area contributed by atoms with Gasteiger partial charge < -0.3 is 4.42 Å². The van der Waals surface area contributed by atoms with Gasteiger partial charge in [0.15, 0.2) is 0 Å². The van der Waals surface area contributed by atoms with E-state index in [4.69, 9.17) is 4.42 Å². The Hall–Kier alpha value is -1.76. The first kappa shape index (κ1) is 21.9. The lowest BCUT2D eigenvalue weighted by atomic mass is 9.97. The minimum atomic E-state index is 1.11. The average molecular weight is 393 g/mol. The fraction of sp³-hybridized carbons (Fsp3) is 0.571. The van der Waals surface area contributed by atoms with Crippen molar-refractivity contribution in [3.05, 3.63) is 46.5 Å². The van der Waals surface area contributed by atoms with Gasteiger partial charge in [0.25, 0.3) is 0 Å². The summed E-state index contributed by atoms with van der Waals surface area (Å²) in [7, 11) is 0. The van der Waals surface area contributed by atoms with Crippen LogP contribution in [0.25, 0.3) is 21.9 Å². The fourth-order valence-corrected chi connectivity index (χ4v) is 4.63. The molecule has 3 aromatic rings. The second-order valence-corrected chi connectivity index (χ2v) is 8.88. The van der Waals surface area contributed by atoms with E-state index in [2.05, 4.69) is 52.0 Å². The van der Waals surface area contributed by atoms with Gasteiger partial charge >= 0.3 is 0 Å². The van der Waals surface area contributed by atoms with Gasteiger partial charge in [0.2, 0.25) is 0 Å². The van der Waals surface area contributed by atoms with Crippen LogP contribution in [0.15, 0.2) is 28.7 Å². The standard InChI is InChI=1S/C28H40O/c1-5-7-9-11-13-15-23-17-19-25-26-20-18-24(16-14-12-10-8-6-2)22(4)28(26)29-27(25)21(23)3/h17-20H,5-16H2,1-4H3. The van der Waals surface area contributed by atoms with E-state index in [0.717, 1.165) is 11.2 Å². The van der Waals surface area contributed by atoms with Gasteiger partial charge in [-0.1, -0.05) is 89.5 Å². The van der Waals surface area contributed by atoms with Crippen LogP contribution in [0.1, 0.15) is 100 Å². The third-order valence-corrected chi connectivity index (χ3v) is 6.63. The lowest BCUT2D eigenvalue weighted by molar-refractivity contribution is 0.627. The number of fused-ring (bicyclic) bond motifs is 3. The van der Waals surface area contributed by atoms with Crippen molar-refractivity contribution in [3.8, 4) is 0 Å². The molecular weight excluding hydrogens is 352 g/mol. The molecule has 2 aromatic carbocycles. The van der Waals surface area contributed by atoms with Crippen LogP contribution in [-0.4, -0.2) is 0 Å². The predicted molar refractivity (Wildman–Crippen MR) is 128 cm³/mol. The molecule has 0 radical (unpaired) electrons. The Labute approximate surface area is 177 Å². The molecule has 0 saturated heterocycles. The molecule has 0 fully saturated rings. The first-order chi connectivity index (χ1) is 14.2. The van der Waals surface area contributed by atoms with E-state index < -0.39 is 0 Å². The predicted octanol–water partition coefficient (Wildman–Crippen LogP) is 9.23. The molecule has 0 aliphatic heterocycles. The molecule has 0 saturated carbocycles. The maximum atomic E-state index is 6.49. The third kappa shape index (κ3) is 5.24. The van der Waals surface area contributed by atoms with Crippen LogP contribution in [0.3, 0.4) is 0 Å². The van der Waals surface area contributed by atoms with Crippen LogP contribution in [0.2, 0.25) is 0 Å². The minimum Gasteiger partial charge on any atom is -0.455 e. The number of hydrogen-bond donors (Lipinski definition) is 0. The maximum Gasteiger partial charge on any atom is 0.138 e. The van der Waals surface area contributed by atoms with Crippen molar-refractivity contribution in [3.63, 3.8) is 0 Å². The van der Waals surface area contributed by atoms with Crippen molar-refractivity contribution >= 4 is 21.9 Å². The molecule has 1 nitrogen and oxygen atoms in total. The SMILES string of the molecule is CCCCCCCc1ccc2c(oc3c(C)c(CCCCCCC)ccc32)c1C. The number of benzene rings is 2. The summed E-state index contributed by atoms with van der Waals surface area (Å²) in [5.74, 6) is 0. The number of aryl methyl sites for hydroxylation is 4. The molecule has 0 aliphatic carbocycles. The zero-order chi connectivity index (χ0) is 20.6. The van der Waals surface area contributed by atoms with Gasteiger partial charge in [0, 0.05) is 10.8 Å². The molecule has 0 amide bonds. The summed E-state index contributed by atoms with van der Waals surface area (Å²) >= 11 is 0. The molecule has 0 bridgehead atoms. The van der Waals surface area contributed by atoms with E-state index in [-0.39, 0.29) is 0 Å². The molecule has 1 aromatic heterocycles. The lowest BCUT2D eigenvalue weighted by Crippen LogP contribution is -1.91. The summed E-state index contributed by atoms with van der Waals surface area (Å²) < 4.78 is 6.49. The van der Waals surface area contributed by atoms with Crippen LogP contribution in [0, 0.1) is 13.8 Å². The molecule has 29 heavy (non-hydrogen) atoms. The second-order valence-electron chi connectivity index (χ2n) is 8.88. The van der Waals surface area contributed by atoms with E-state index in [9.17, 15) is 0 Å². The highest BCUT2D eigenvalue weighted by Gasteiger charge is 2.15. The lowest BCUT2D eigenvalue weighted by Gasteiger charge is -2.06. The van der Waals surface area contributed by atoms with Gasteiger partial charge in [-0.2, -0.15) is 0 Å². The van der Waals surface area contributed by atoms with Crippen LogP contribution in [0.5, 0.6) is 0 Å². The molecule has 0 N–H and O–H groups in total. The van der Waals surface area contributed by atoms with Crippen LogP contribution in [-0.2, 0) is 12.8 Å². The molecule has 158 valence electrons. The molecule has 1 heterocycles. The third-order valence-electron chi connectivity index (χ3n) is 6.63. The smallest absolute Gasteiger partial charge is 0.138 e. The first-order valence-corrected chi connectivity index (χ1v) is 12.1. The van der Waals surface area contributed by atoms with Crippen molar-refractivity contribution in [1.29, 1.82) is 0 Å². The van der Waals surface area contributed by atoms with Crippen LogP contribution in [0.4, 0.5) is 0 Å². The molecule has 0 atom stereocenters. The fourth-order valence-electron chi connectivity index (χ4n) is 4.63. The van der Waals surface area contributed by atoms with E-state index in [0.29, 0.717) is 0 Å². The van der Waals surface area contributed by atoms with Gasteiger partial charge in [-0.05, 0) is 61.8 Å². The highest BCUT2D eigenvalue weighted by atomic mass is 16.3. The Bertz CT molecular complexity index is 841. The van der Waals surface area contributed by atoms with Crippen LogP contribution >= 0.6 is 0 Å². The Balaban J connectivity index is 1.77. The van der Waals surface area contributed by atoms with E-state index >= 15 is 0 Å².